The zero-order valence-electron chi connectivity index (χ0n) is 15.5. The monoisotopic (exact) mass is 363 g/mol. The number of rotatable bonds is 7. The summed E-state index contributed by atoms with van der Waals surface area (Å²) in [7, 11) is 4.67. The van der Waals surface area contributed by atoms with Gasteiger partial charge in [-0.15, -0.1) is 0 Å². The number of methoxy groups -OCH3 is 3. The standard InChI is InChI=1S/C22H21NO4/c1-25-20-13-16(14-21(26-2)22(20)27-3)9-10-19(24)17-7-6-8-18(15-17)23-11-4-5-12-23/h4-15H,1-3H3/b10-9+. The molecule has 0 aliphatic carbocycles. The van der Waals surface area contributed by atoms with E-state index in [4.69, 9.17) is 14.2 Å². The molecule has 0 saturated carbocycles. The average Bonchev–Trinajstić information content (AvgIpc) is 3.26. The van der Waals surface area contributed by atoms with Crippen molar-refractivity contribution in [3.63, 3.8) is 0 Å². The first kappa shape index (κ1) is 18.3. The van der Waals surface area contributed by atoms with Gasteiger partial charge in [0.05, 0.1) is 21.3 Å². The fourth-order valence-corrected chi connectivity index (χ4v) is 2.79. The zero-order valence-corrected chi connectivity index (χ0v) is 15.5. The van der Waals surface area contributed by atoms with Gasteiger partial charge < -0.3 is 18.8 Å². The van der Waals surface area contributed by atoms with E-state index >= 15 is 0 Å². The smallest absolute Gasteiger partial charge is 0.203 e. The molecule has 0 bridgehead atoms. The molecule has 27 heavy (non-hydrogen) atoms. The van der Waals surface area contributed by atoms with Crippen molar-refractivity contribution in [2.24, 2.45) is 0 Å². The van der Waals surface area contributed by atoms with Crippen LogP contribution in [0.2, 0.25) is 0 Å². The van der Waals surface area contributed by atoms with Crippen molar-refractivity contribution in [2.75, 3.05) is 21.3 Å². The fourth-order valence-electron chi connectivity index (χ4n) is 2.79. The van der Waals surface area contributed by atoms with Crippen LogP contribution in [0.5, 0.6) is 17.2 Å². The molecule has 1 heterocycles. The van der Waals surface area contributed by atoms with Gasteiger partial charge in [-0.1, -0.05) is 18.2 Å². The Morgan fingerprint density at radius 3 is 2.15 bits per heavy atom. The number of hydrogen-bond donors (Lipinski definition) is 0. The molecular formula is C22H21NO4. The third-order valence-electron chi connectivity index (χ3n) is 4.15. The van der Waals surface area contributed by atoms with Crippen LogP contribution in [0.1, 0.15) is 15.9 Å². The maximum atomic E-state index is 12.6. The highest BCUT2D eigenvalue weighted by molar-refractivity contribution is 6.07. The van der Waals surface area contributed by atoms with Gasteiger partial charge in [0, 0.05) is 23.6 Å². The van der Waals surface area contributed by atoms with Crippen molar-refractivity contribution in [1.29, 1.82) is 0 Å². The fraction of sp³-hybridized carbons (Fsp3) is 0.136. The van der Waals surface area contributed by atoms with E-state index in [2.05, 4.69) is 0 Å². The van der Waals surface area contributed by atoms with Gasteiger partial charge in [0.25, 0.3) is 0 Å². The Bertz CT molecular complexity index is 933. The van der Waals surface area contributed by atoms with E-state index in [0.717, 1.165) is 11.3 Å². The number of benzene rings is 2. The molecule has 138 valence electrons. The van der Waals surface area contributed by atoms with Crippen LogP contribution in [0.25, 0.3) is 11.8 Å². The first-order valence-corrected chi connectivity index (χ1v) is 8.42. The molecule has 0 aliphatic heterocycles. The molecule has 3 rings (SSSR count). The number of allylic oxidation sites excluding steroid dienone is 1. The van der Waals surface area contributed by atoms with E-state index in [9.17, 15) is 4.79 Å². The minimum atomic E-state index is -0.0854. The number of hydrogen-bond acceptors (Lipinski definition) is 4. The summed E-state index contributed by atoms with van der Waals surface area (Å²) in [4.78, 5) is 12.6. The molecular weight excluding hydrogens is 342 g/mol. The third-order valence-corrected chi connectivity index (χ3v) is 4.15. The number of ether oxygens (including phenoxy) is 3. The molecule has 0 aliphatic rings. The summed E-state index contributed by atoms with van der Waals surface area (Å²) in [5.41, 5.74) is 2.33. The van der Waals surface area contributed by atoms with Gasteiger partial charge in [-0.05, 0) is 48.0 Å². The van der Waals surface area contributed by atoms with Crippen molar-refractivity contribution in [1.82, 2.24) is 4.57 Å². The third kappa shape index (κ3) is 4.03. The molecule has 0 saturated heterocycles. The molecule has 0 radical (unpaired) electrons. The topological polar surface area (TPSA) is 49.7 Å². The lowest BCUT2D eigenvalue weighted by molar-refractivity contribution is 0.104. The van der Waals surface area contributed by atoms with Gasteiger partial charge in [-0.2, -0.15) is 0 Å². The van der Waals surface area contributed by atoms with Gasteiger partial charge in [0.15, 0.2) is 17.3 Å². The Kier molecular flexibility index (Phi) is 5.61. The number of carbonyl (C=O) groups excluding carboxylic acids is 1. The van der Waals surface area contributed by atoms with Crippen LogP contribution in [-0.4, -0.2) is 31.7 Å². The molecule has 2 aromatic carbocycles. The summed E-state index contributed by atoms with van der Waals surface area (Å²) in [6.45, 7) is 0. The van der Waals surface area contributed by atoms with Crippen molar-refractivity contribution in [2.45, 2.75) is 0 Å². The quantitative estimate of drug-likeness (QED) is 0.461. The zero-order chi connectivity index (χ0) is 19.2. The number of carbonyl (C=O) groups is 1. The van der Waals surface area contributed by atoms with E-state index < -0.39 is 0 Å². The van der Waals surface area contributed by atoms with Crippen LogP contribution in [0.15, 0.2) is 67.0 Å². The second-order valence-electron chi connectivity index (χ2n) is 5.80. The lowest BCUT2D eigenvalue weighted by atomic mass is 10.1. The summed E-state index contributed by atoms with van der Waals surface area (Å²) < 4.78 is 18.0. The molecule has 5 nitrogen and oxygen atoms in total. The van der Waals surface area contributed by atoms with Crippen LogP contribution >= 0.6 is 0 Å². The van der Waals surface area contributed by atoms with Crippen molar-refractivity contribution >= 4 is 11.9 Å². The second kappa shape index (κ2) is 8.27. The van der Waals surface area contributed by atoms with E-state index in [1.54, 1.807) is 45.6 Å². The van der Waals surface area contributed by atoms with Gasteiger partial charge in [-0.25, -0.2) is 0 Å². The largest absolute Gasteiger partial charge is 0.493 e. The normalized spacial score (nSPS) is 10.8. The number of ketones is 1. The highest BCUT2D eigenvalue weighted by atomic mass is 16.5. The predicted molar refractivity (Wildman–Crippen MR) is 105 cm³/mol. The molecule has 0 atom stereocenters. The Morgan fingerprint density at radius 1 is 0.889 bits per heavy atom. The summed E-state index contributed by atoms with van der Waals surface area (Å²) >= 11 is 0. The molecule has 0 amide bonds. The molecule has 5 heteroatoms. The van der Waals surface area contributed by atoms with Gasteiger partial charge in [-0.3, -0.25) is 4.79 Å². The van der Waals surface area contributed by atoms with Crippen molar-refractivity contribution in [3.8, 4) is 22.9 Å². The summed E-state index contributed by atoms with van der Waals surface area (Å²) in [5.74, 6) is 1.51. The van der Waals surface area contributed by atoms with Crippen LogP contribution in [0, 0.1) is 0 Å². The van der Waals surface area contributed by atoms with Gasteiger partial charge in [0.2, 0.25) is 5.75 Å². The summed E-state index contributed by atoms with van der Waals surface area (Å²) in [6.07, 6.45) is 7.15. The van der Waals surface area contributed by atoms with Gasteiger partial charge in [0.1, 0.15) is 0 Å². The molecule has 0 unspecified atom stereocenters. The van der Waals surface area contributed by atoms with Crippen LogP contribution in [-0.2, 0) is 0 Å². The number of nitrogens with zero attached hydrogens (tertiary/aromatic N) is 1. The Labute approximate surface area is 158 Å². The highest BCUT2D eigenvalue weighted by Gasteiger charge is 2.12. The average molecular weight is 363 g/mol. The maximum Gasteiger partial charge on any atom is 0.203 e. The van der Waals surface area contributed by atoms with E-state index in [1.165, 1.54) is 6.08 Å². The van der Waals surface area contributed by atoms with Crippen molar-refractivity contribution < 1.29 is 19.0 Å². The Balaban J connectivity index is 1.86. The van der Waals surface area contributed by atoms with Crippen LogP contribution < -0.4 is 14.2 Å². The Morgan fingerprint density at radius 2 is 1.56 bits per heavy atom. The molecule has 0 N–H and O–H groups in total. The van der Waals surface area contributed by atoms with E-state index in [-0.39, 0.29) is 5.78 Å². The Hall–Kier alpha value is -3.47. The summed E-state index contributed by atoms with van der Waals surface area (Å²) in [6, 6.07) is 15.0. The number of aromatic nitrogens is 1. The SMILES string of the molecule is COc1cc(/C=C/C(=O)c2cccc(-n3cccc3)c2)cc(OC)c1OC. The minimum absolute atomic E-state index is 0.0854. The maximum absolute atomic E-state index is 12.6. The molecule has 0 spiro atoms. The lowest BCUT2D eigenvalue weighted by Crippen LogP contribution is -1.98. The molecule has 3 aromatic rings. The predicted octanol–water partition coefficient (Wildman–Crippen LogP) is 4.40. The lowest BCUT2D eigenvalue weighted by Gasteiger charge is -2.12. The van der Waals surface area contributed by atoms with E-state index in [1.807, 2.05) is 47.3 Å². The second-order valence-corrected chi connectivity index (χ2v) is 5.80. The first-order valence-electron chi connectivity index (χ1n) is 8.42. The molecule has 0 fully saturated rings. The van der Waals surface area contributed by atoms with Crippen LogP contribution in [0.4, 0.5) is 0 Å². The van der Waals surface area contributed by atoms with Crippen molar-refractivity contribution in [3.05, 3.63) is 78.1 Å². The summed E-state index contributed by atoms with van der Waals surface area (Å²) in [5, 5.41) is 0. The highest BCUT2D eigenvalue weighted by Crippen LogP contribution is 2.38. The van der Waals surface area contributed by atoms with Gasteiger partial charge >= 0.3 is 0 Å². The minimum Gasteiger partial charge on any atom is -0.493 e. The van der Waals surface area contributed by atoms with Crippen LogP contribution in [0.3, 0.4) is 0 Å². The molecule has 1 aromatic heterocycles. The van der Waals surface area contributed by atoms with E-state index in [0.29, 0.717) is 22.8 Å². The first-order chi connectivity index (χ1) is 13.2.